The van der Waals surface area contributed by atoms with E-state index >= 15 is 0 Å². The highest BCUT2D eigenvalue weighted by Gasteiger charge is 2.13. The zero-order valence-corrected chi connectivity index (χ0v) is 17.2. The Balaban J connectivity index is 2.67. The van der Waals surface area contributed by atoms with Gasteiger partial charge in [-0.15, -0.1) is 0 Å². The van der Waals surface area contributed by atoms with E-state index < -0.39 is 0 Å². The van der Waals surface area contributed by atoms with E-state index in [9.17, 15) is 9.59 Å². The van der Waals surface area contributed by atoms with Crippen molar-refractivity contribution in [2.75, 3.05) is 26.8 Å². The predicted octanol–water partition coefficient (Wildman–Crippen LogP) is 4.03. The van der Waals surface area contributed by atoms with Crippen molar-refractivity contribution < 1.29 is 19.1 Å². The molecular formula is C22H33NO4. The summed E-state index contributed by atoms with van der Waals surface area (Å²) < 4.78 is 10.2. The van der Waals surface area contributed by atoms with Crippen LogP contribution in [0.4, 0.5) is 0 Å². The number of ether oxygens (including phenoxy) is 2. The molecule has 5 nitrogen and oxygen atoms in total. The van der Waals surface area contributed by atoms with Crippen molar-refractivity contribution in [1.29, 1.82) is 0 Å². The molecule has 1 rings (SSSR count). The van der Waals surface area contributed by atoms with Crippen LogP contribution >= 0.6 is 0 Å². The lowest BCUT2D eigenvalue weighted by Gasteiger charge is -2.21. The Morgan fingerprint density at radius 1 is 1.07 bits per heavy atom. The molecule has 0 unspecified atom stereocenters. The van der Waals surface area contributed by atoms with Crippen LogP contribution in [0.5, 0.6) is 0 Å². The van der Waals surface area contributed by atoms with Gasteiger partial charge in [-0.25, -0.2) is 0 Å². The van der Waals surface area contributed by atoms with Gasteiger partial charge in [-0.3, -0.25) is 9.59 Å². The number of amides is 1. The van der Waals surface area contributed by atoms with Gasteiger partial charge in [0.2, 0.25) is 5.91 Å². The number of nitrogens with zero attached hydrogens (tertiary/aromatic N) is 1. The fourth-order valence-electron chi connectivity index (χ4n) is 2.50. The van der Waals surface area contributed by atoms with E-state index in [4.69, 9.17) is 4.74 Å². The summed E-state index contributed by atoms with van der Waals surface area (Å²) in [6.07, 6.45) is 4.44. The summed E-state index contributed by atoms with van der Waals surface area (Å²) in [5.41, 5.74) is 2.24. The molecule has 0 spiro atoms. The summed E-state index contributed by atoms with van der Waals surface area (Å²) in [5.74, 6) is 0.0439. The van der Waals surface area contributed by atoms with Crippen molar-refractivity contribution in [2.24, 2.45) is 0 Å². The molecule has 1 amide bonds. The molecule has 0 aliphatic rings. The molecule has 0 saturated carbocycles. The zero-order valence-electron chi connectivity index (χ0n) is 17.2. The molecule has 0 N–H and O–H groups in total. The third-order valence-corrected chi connectivity index (χ3v) is 4.17. The van der Waals surface area contributed by atoms with E-state index in [1.54, 1.807) is 11.0 Å². The Kier molecular flexibility index (Phi) is 10.4. The van der Waals surface area contributed by atoms with Gasteiger partial charge in [0.1, 0.15) is 0 Å². The van der Waals surface area contributed by atoms with Crippen molar-refractivity contribution in [3.05, 3.63) is 41.5 Å². The third kappa shape index (κ3) is 9.38. The Morgan fingerprint density at radius 2 is 1.74 bits per heavy atom. The zero-order chi connectivity index (χ0) is 20.2. The second-order valence-corrected chi connectivity index (χ2v) is 7.08. The van der Waals surface area contributed by atoms with Gasteiger partial charge in [0, 0.05) is 25.8 Å². The van der Waals surface area contributed by atoms with Gasteiger partial charge in [-0.1, -0.05) is 38.1 Å². The highest BCUT2D eigenvalue weighted by molar-refractivity contribution is 5.92. The average Bonchev–Trinajstić information content (AvgIpc) is 2.65. The van der Waals surface area contributed by atoms with Gasteiger partial charge in [-0.2, -0.15) is 0 Å². The molecule has 5 heteroatoms. The molecule has 0 atom stereocenters. The number of benzene rings is 1. The first-order valence-electron chi connectivity index (χ1n) is 9.58. The smallest absolute Gasteiger partial charge is 0.307 e. The number of hydrogen-bond donors (Lipinski definition) is 0. The highest BCUT2D eigenvalue weighted by Crippen LogP contribution is 2.15. The maximum Gasteiger partial charge on any atom is 0.307 e. The minimum Gasteiger partial charge on any atom is -0.469 e. The van der Waals surface area contributed by atoms with Crippen LogP contribution in [-0.2, 0) is 19.1 Å². The second-order valence-electron chi connectivity index (χ2n) is 7.08. The summed E-state index contributed by atoms with van der Waals surface area (Å²) in [5, 5.41) is 0. The summed E-state index contributed by atoms with van der Waals surface area (Å²) >= 11 is 0. The van der Waals surface area contributed by atoms with E-state index in [2.05, 4.69) is 30.7 Å². The molecule has 1 aromatic carbocycles. The van der Waals surface area contributed by atoms with E-state index in [-0.39, 0.29) is 24.4 Å². The van der Waals surface area contributed by atoms with Crippen LogP contribution in [0.15, 0.2) is 30.3 Å². The van der Waals surface area contributed by atoms with Crippen molar-refractivity contribution in [3.8, 4) is 0 Å². The molecule has 0 aliphatic carbocycles. The molecule has 0 aliphatic heterocycles. The van der Waals surface area contributed by atoms with Crippen LogP contribution in [0.1, 0.15) is 57.6 Å². The number of methoxy groups -OCH3 is 1. The molecule has 150 valence electrons. The Labute approximate surface area is 163 Å². The normalized spacial score (nSPS) is 11.4. The standard InChI is InChI=1S/C22H33NO4/c1-17(2)20-10-7-19(8-11-20)9-12-21(24)23(15-13-22(25)26-5)14-6-16-27-18(3)4/h7-12,17-18H,6,13-16H2,1-5H3/b12-9+. The highest BCUT2D eigenvalue weighted by atomic mass is 16.5. The van der Waals surface area contributed by atoms with E-state index in [1.165, 1.54) is 12.7 Å². The molecule has 27 heavy (non-hydrogen) atoms. The Morgan fingerprint density at radius 3 is 2.30 bits per heavy atom. The van der Waals surface area contributed by atoms with Crippen LogP contribution in [0.2, 0.25) is 0 Å². The molecular weight excluding hydrogens is 342 g/mol. The Hall–Kier alpha value is -2.14. The van der Waals surface area contributed by atoms with Crippen molar-refractivity contribution in [1.82, 2.24) is 4.90 Å². The van der Waals surface area contributed by atoms with E-state index in [0.717, 1.165) is 12.0 Å². The fourth-order valence-corrected chi connectivity index (χ4v) is 2.50. The minimum atomic E-state index is -0.320. The second kappa shape index (κ2) is 12.3. The first-order chi connectivity index (χ1) is 12.8. The minimum absolute atomic E-state index is 0.114. The number of carbonyl (C=O) groups is 2. The lowest BCUT2D eigenvalue weighted by atomic mass is 10.0. The summed E-state index contributed by atoms with van der Waals surface area (Å²) in [7, 11) is 1.35. The lowest BCUT2D eigenvalue weighted by Crippen LogP contribution is -2.33. The van der Waals surface area contributed by atoms with Crippen molar-refractivity contribution >= 4 is 18.0 Å². The first kappa shape index (κ1) is 22.9. The van der Waals surface area contributed by atoms with Crippen molar-refractivity contribution in [2.45, 2.75) is 52.6 Å². The first-order valence-corrected chi connectivity index (χ1v) is 9.58. The SMILES string of the molecule is COC(=O)CCN(CCCOC(C)C)C(=O)/C=C/c1ccc(C(C)C)cc1. The van der Waals surface area contributed by atoms with Gasteiger partial charge < -0.3 is 14.4 Å². The van der Waals surface area contributed by atoms with Crippen LogP contribution in [0.3, 0.4) is 0 Å². The van der Waals surface area contributed by atoms with Gasteiger partial charge in [0.15, 0.2) is 0 Å². The number of hydrogen-bond acceptors (Lipinski definition) is 4. The largest absolute Gasteiger partial charge is 0.469 e. The van der Waals surface area contributed by atoms with Gasteiger partial charge in [0.05, 0.1) is 19.6 Å². The number of rotatable bonds is 11. The average molecular weight is 376 g/mol. The molecule has 0 aromatic heterocycles. The quantitative estimate of drug-likeness (QED) is 0.333. The summed E-state index contributed by atoms with van der Waals surface area (Å²) in [6, 6.07) is 8.17. The number of esters is 1. The molecule has 0 radical (unpaired) electrons. The van der Waals surface area contributed by atoms with Crippen LogP contribution in [0.25, 0.3) is 6.08 Å². The molecule has 0 bridgehead atoms. The monoisotopic (exact) mass is 375 g/mol. The summed E-state index contributed by atoms with van der Waals surface area (Å²) in [6.45, 7) is 9.72. The van der Waals surface area contributed by atoms with Gasteiger partial charge in [0.25, 0.3) is 0 Å². The molecule has 1 aromatic rings. The van der Waals surface area contributed by atoms with Crippen LogP contribution in [0, 0.1) is 0 Å². The molecule has 0 saturated heterocycles. The predicted molar refractivity (Wildman–Crippen MR) is 108 cm³/mol. The van der Waals surface area contributed by atoms with E-state index in [1.807, 2.05) is 32.1 Å². The van der Waals surface area contributed by atoms with E-state index in [0.29, 0.717) is 25.6 Å². The fraction of sp³-hybridized carbons (Fsp3) is 0.545. The van der Waals surface area contributed by atoms with Crippen LogP contribution < -0.4 is 0 Å². The maximum absolute atomic E-state index is 12.6. The Bertz CT molecular complexity index is 605. The topological polar surface area (TPSA) is 55.8 Å². The third-order valence-electron chi connectivity index (χ3n) is 4.17. The molecule has 0 heterocycles. The maximum atomic E-state index is 12.6. The lowest BCUT2D eigenvalue weighted by molar-refractivity contribution is -0.141. The molecule has 0 fully saturated rings. The van der Waals surface area contributed by atoms with Crippen molar-refractivity contribution in [3.63, 3.8) is 0 Å². The summed E-state index contributed by atoms with van der Waals surface area (Å²) in [4.78, 5) is 25.7. The van der Waals surface area contributed by atoms with Gasteiger partial charge >= 0.3 is 5.97 Å². The van der Waals surface area contributed by atoms with Crippen LogP contribution in [-0.4, -0.2) is 49.7 Å². The van der Waals surface area contributed by atoms with Gasteiger partial charge in [-0.05, 0) is 43.4 Å². The number of carbonyl (C=O) groups excluding carboxylic acids is 2.